The molecule has 1 heterocycles. The lowest BCUT2D eigenvalue weighted by Gasteiger charge is -2.09. The maximum Gasteiger partial charge on any atom is 0.255 e. The number of carbonyl (C=O) groups is 1. The summed E-state index contributed by atoms with van der Waals surface area (Å²) in [4.78, 5) is 15.7. The van der Waals surface area contributed by atoms with Crippen LogP contribution in [0.25, 0.3) is 0 Å². The van der Waals surface area contributed by atoms with Crippen LogP contribution in [-0.4, -0.2) is 16.6 Å². The van der Waals surface area contributed by atoms with E-state index in [2.05, 4.69) is 10.3 Å². The van der Waals surface area contributed by atoms with Crippen molar-refractivity contribution in [3.63, 3.8) is 0 Å². The van der Waals surface area contributed by atoms with Crippen LogP contribution in [0.2, 0.25) is 10.0 Å². The van der Waals surface area contributed by atoms with Gasteiger partial charge in [0.05, 0.1) is 21.9 Å². The second-order valence-electron chi connectivity index (χ2n) is 3.80. The molecule has 0 saturated heterocycles. The van der Waals surface area contributed by atoms with Crippen molar-refractivity contribution in [3.05, 3.63) is 34.6 Å². The largest absolute Gasteiger partial charge is 0.440 e. The maximum atomic E-state index is 11.8. The number of carbonyl (C=O) groups excluding carboxylic acids is 1. The number of nitrogens with zero attached hydrogens (tertiary/aromatic N) is 1. The first-order valence-electron chi connectivity index (χ1n) is 5.63. The molecule has 0 bridgehead atoms. The van der Waals surface area contributed by atoms with Crippen molar-refractivity contribution in [2.45, 2.75) is 11.6 Å². The monoisotopic (exact) mass is 331 g/mol. The lowest BCUT2D eigenvalue weighted by molar-refractivity contribution is -0.115. The van der Waals surface area contributed by atoms with Crippen molar-refractivity contribution in [1.82, 2.24) is 4.98 Å². The number of benzene rings is 1. The van der Waals surface area contributed by atoms with Crippen LogP contribution in [0.1, 0.15) is 6.42 Å². The molecule has 1 aromatic heterocycles. The number of amides is 1. The van der Waals surface area contributed by atoms with Crippen molar-refractivity contribution >= 4 is 52.2 Å². The average Bonchev–Trinajstić information content (AvgIpc) is 2.87. The minimum absolute atomic E-state index is 0.197. The Labute approximate surface area is 129 Å². The topological polar surface area (TPSA) is 81.1 Å². The van der Waals surface area contributed by atoms with Crippen molar-refractivity contribution < 1.29 is 9.21 Å². The molecule has 0 aliphatic heterocycles. The molecular weight excluding hydrogens is 321 g/mol. The Morgan fingerprint density at radius 3 is 2.70 bits per heavy atom. The van der Waals surface area contributed by atoms with Gasteiger partial charge in [-0.1, -0.05) is 35.0 Å². The Balaban J connectivity index is 1.88. The van der Waals surface area contributed by atoms with E-state index in [0.717, 1.165) is 0 Å². The normalized spacial score (nSPS) is 10.5. The average molecular weight is 332 g/mol. The minimum atomic E-state index is -0.197. The van der Waals surface area contributed by atoms with Gasteiger partial charge in [0.1, 0.15) is 6.26 Å². The number of oxazole rings is 1. The second-order valence-corrected chi connectivity index (χ2v) is 5.66. The van der Waals surface area contributed by atoms with Crippen LogP contribution in [0.5, 0.6) is 0 Å². The van der Waals surface area contributed by atoms with Gasteiger partial charge in [-0.2, -0.15) is 0 Å². The first-order valence-corrected chi connectivity index (χ1v) is 7.37. The lowest BCUT2D eigenvalue weighted by Crippen LogP contribution is -2.13. The number of anilines is 2. The molecule has 0 radical (unpaired) electrons. The van der Waals surface area contributed by atoms with E-state index < -0.39 is 0 Å². The predicted molar refractivity (Wildman–Crippen MR) is 81.3 cm³/mol. The zero-order chi connectivity index (χ0) is 14.5. The highest BCUT2D eigenvalue weighted by Crippen LogP contribution is 2.32. The van der Waals surface area contributed by atoms with Crippen LogP contribution >= 0.6 is 35.0 Å². The number of halogens is 2. The van der Waals surface area contributed by atoms with Crippen molar-refractivity contribution in [1.29, 1.82) is 0 Å². The number of thioether (sulfide) groups is 1. The van der Waals surface area contributed by atoms with Crippen LogP contribution in [-0.2, 0) is 4.79 Å². The fourth-order valence-electron chi connectivity index (χ4n) is 1.43. The highest BCUT2D eigenvalue weighted by molar-refractivity contribution is 7.99. The van der Waals surface area contributed by atoms with E-state index in [4.69, 9.17) is 33.4 Å². The fourth-order valence-corrected chi connectivity index (χ4v) is 2.75. The molecule has 0 atom stereocenters. The fraction of sp³-hybridized carbons (Fsp3) is 0.167. The van der Waals surface area contributed by atoms with Crippen LogP contribution in [0, 0.1) is 0 Å². The van der Waals surface area contributed by atoms with Gasteiger partial charge in [-0.05, 0) is 12.1 Å². The summed E-state index contributed by atoms with van der Waals surface area (Å²) in [5.41, 5.74) is 6.40. The Kier molecular flexibility index (Phi) is 5.17. The molecule has 0 unspecified atom stereocenters. The molecule has 3 N–H and O–H groups in total. The molecule has 5 nitrogen and oxygen atoms in total. The highest BCUT2D eigenvalue weighted by Gasteiger charge is 2.11. The van der Waals surface area contributed by atoms with Crippen LogP contribution in [0.3, 0.4) is 0 Å². The molecule has 106 valence electrons. The Morgan fingerprint density at radius 1 is 1.40 bits per heavy atom. The molecule has 0 aliphatic rings. The van der Waals surface area contributed by atoms with Crippen molar-refractivity contribution in [2.24, 2.45) is 0 Å². The van der Waals surface area contributed by atoms with Crippen molar-refractivity contribution in [2.75, 3.05) is 16.8 Å². The Bertz CT molecular complexity index is 582. The third-order valence-corrected chi connectivity index (χ3v) is 3.75. The number of nitrogen functional groups attached to an aromatic ring is 1. The number of nitrogens with two attached hydrogens (primary N) is 1. The summed E-state index contributed by atoms with van der Waals surface area (Å²) in [7, 11) is 0. The van der Waals surface area contributed by atoms with Gasteiger partial charge in [0.2, 0.25) is 5.91 Å². The SMILES string of the molecule is Nc1cc(Cl)c(NC(=O)CCSc2ncco2)c(Cl)c1. The number of rotatable bonds is 5. The number of nitrogens with one attached hydrogen (secondary N) is 1. The number of hydrogen-bond acceptors (Lipinski definition) is 5. The van der Waals surface area contributed by atoms with E-state index in [1.165, 1.54) is 30.2 Å². The molecule has 8 heteroatoms. The molecule has 0 aliphatic carbocycles. The van der Waals surface area contributed by atoms with Crippen LogP contribution in [0.4, 0.5) is 11.4 Å². The molecule has 2 rings (SSSR count). The van der Waals surface area contributed by atoms with Gasteiger partial charge in [0, 0.05) is 17.9 Å². The van der Waals surface area contributed by atoms with Gasteiger partial charge >= 0.3 is 0 Å². The molecule has 0 spiro atoms. The summed E-state index contributed by atoms with van der Waals surface area (Å²) < 4.78 is 5.05. The summed E-state index contributed by atoms with van der Waals surface area (Å²) in [6.07, 6.45) is 3.32. The minimum Gasteiger partial charge on any atom is -0.440 e. The van der Waals surface area contributed by atoms with Crippen LogP contribution in [0.15, 0.2) is 34.2 Å². The smallest absolute Gasteiger partial charge is 0.255 e. The highest BCUT2D eigenvalue weighted by atomic mass is 35.5. The zero-order valence-corrected chi connectivity index (χ0v) is 12.6. The van der Waals surface area contributed by atoms with E-state index in [1.807, 2.05) is 0 Å². The van der Waals surface area contributed by atoms with E-state index >= 15 is 0 Å². The van der Waals surface area contributed by atoms with E-state index in [0.29, 0.717) is 32.4 Å². The Hall–Kier alpha value is -1.37. The molecule has 0 saturated carbocycles. The van der Waals surface area contributed by atoms with Gasteiger partial charge in [0.25, 0.3) is 5.22 Å². The summed E-state index contributed by atoms with van der Waals surface area (Å²) in [6.45, 7) is 0. The van der Waals surface area contributed by atoms with Crippen LogP contribution < -0.4 is 11.1 Å². The summed E-state index contributed by atoms with van der Waals surface area (Å²) in [5.74, 6) is 0.342. The third-order valence-electron chi connectivity index (χ3n) is 2.29. The van der Waals surface area contributed by atoms with Gasteiger partial charge in [-0.3, -0.25) is 4.79 Å². The first kappa shape index (κ1) is 15.0. The Morgan fingerprint density at radius 2 is 2.10 bits per heavy atom. The van der Waals surface area contributed by atoms with E-state index in [1.54, 1.807) is 6.20 Å². The van der Waals surface area contributed by atoms with Crippen molar-refractivity contribution in [3.8, 4) is 0 Å². The molecule has 0 fully saturated rings. The third kappa shape index (κ3) is 4.06. The maximum absolute atomic E-state index is 11.8. The standard InChI is InChI=1S/C12H11Cl2N3O2S/c13-8-5-7(15)6-9(14)11(8)17-10(18)1-4-20-12-16-2-3-19-12/h2-3,5-6H,1,4,15H2,(H,17,18). The van der Waals surface area contributed by atoms with E-state index in [9.17, 15) is 4.79 Å². The van der Waals surface area contributed by atoms with Gasteiger partial charge in [0.15, 0.2) is 0 Å². The zero-order valence-electron chi connectivity index (χ0n) is 10.2. The molecule has 1 aromatic carbocycles. The molecule has 2 aromatic rings. The summed E-state index contributed by atoms with van der Waals surface area (Å²) in [6, 6.07) is 3.06. The van der Waals surface area contributed by atoms with Gasteiger partial charge in [-0.25, -0.2) is 4.98 Å². The molecule has 20 heavy (non-hydrogen) atoms. The number of aromatic nitrogens is 1. The summed E-state index contributed by atoms with van der Waals surface area (Å²) in [5, 5.41) is 3.81. The lowest BCUT2D eigenvalue weighted by atomic mass is 10.2. The molecule has 1 amide bonds. The number of hydrogen-bond donors (Lipinski definition) is 2. The first-order chi connectivity index (χ1) is 9.56. The van der Waals surface area contributed by atoms with Gasteiger partial charge < -0.3 is 15.5 Å². The van der Waals surface area contributed by atoms with E-state index in [-0.39, 0.29) is 12.3 Å². The predicted octanol–water partition coefficient (Wildman–Crippen LogP) is 3.68. The van der Waals surface area contributed by atoms with Gasteiger partial charge in [-0.15, -0.1) is 0 Å². The second kappa shape index (κ2) is 6.88. The molecular formula is C12H11Cl2N3O2S. The quantitative estimate of drug-likeness (QED) is 0.645. The summed E-state index contributed by atoms with van der Waals surface area (Å²) >= 11 is 13.3.